The Morgan fingerprint density at radius 3 is 2.35 bits per heavy atom. The molecule has 1 saturated heterocycles. The number of nitrogens with one attached hydrogen (secondary N) is 1. The third kappa shape index (κ3) is 2.48. The molecule has 9 nitrogen and oxygen atoms in total. The topological polar surface area (TPSA) is 105 Å². The van der Waals surface area contributed by atoms with Crippen LogP contribution in [0.1, 0.15) is 13.3 Å². The number of methoxy groups -OCH3 is 2. The summed E-state index contributed by atoms with van der Waals surface area (Å²) >= 11 is 0. The molecule has 1 spiro atoms. The van der Waals surface area contributed by atoms with Crippen LogP contribution < -0.4 is 15.1 Å². The molecule has 2 aliphatic rings. The lowest BCUT2D eigenvalue weighted by Crippen LogP contribution is -2.56. The molecule has 2 heterocycles. The third-order valence-electron chi connectivity index (χ3n) is 4.31. The number of hydrazine groups is 1. The monoisotopic (exact) mass is 359 g/mol. The molecule has 1 aromatic rings. The van der Waals surface area contributed by atoms with Crippen LogP contribution >= 0.6 is 0 Å². The van der Waals surface area contributed by atoms with Crippen LogP contribution in [0, 0.1) is 0 Å². The van der Waals surface area contributed by atoms with Crippen molar-refractivity contribution in [3.63, 3.8) is 0 Å². The molecule has 0 radical (unpaired) electrons. The molecule has 2 aliphatic heterocycles. The molecule has 0 saturated carbocycles. The Hall–Kier alpha value is -3.36. The van der Waals surface area contributed by atoms with Gasteiger partial charge in [-0.05, 0) is 30.3 Å². The van der Waals surface area contributed by atoms with E-state index < -0.39 is 29.2 Å². The van der Waals surface area contributed by atoms with E-state index in [4.69, 9.17) is 4.74 Å². The molecule has 0 aromatic heterocycles. The van der Waals surface area contributed by atoms with Crippen LogP contribution in [-0.4, -0.2) is 48.5 Å². The summed E-state index contributed by atoms with van der Waals surface area (Å²) in [6.45, 7) is 1.23. The van der Waals surface area contributed by atoms with Crippen LogP contribution in [0.5, 0.6) is 5.75 Å². The van der Waals surface area contributed by atoms with E-state index in [0.717, 1.165) is 9.91 Å². The standard InChI is InChI=1S/C17H17N3O6/c1-10(21)20-17(8-13(18-20)15(23)26-3)9-14(22)19(16(17)24)11-4-6-12(25-2)7-5-11/h4-8,18H,9H2,1-3H3/t17-/m1/s1. The minimum atomic E-state index is -1.60. The van der Waals surface area contributed by atoms with Crippen molar-refractivity contribution in [3.05, 3.63) is 36.0 Å². The van der Waals surface area contributed by atoms with Crippen LogP contribution in [0.25, 0.3) is 0 Å². The van der Waals surface area contributed by atoms with Crippen molar-refractivity contribution >= 4 is 29.4 Å². The summed E-state index contributed by atoms with van der Waals surface area (Å²) in [7, 11) is 2.68. The van der Waals surface area contributed by atoms with E-state index >= 15 is 0 Å². The number of amides is 3. The fourth-order valence-electron chi connectivity index (χ4n) is 3.10. The maximum absolute atomic E-state index is 13.1. The highest BCUT2D eigenvalue weighted by Gasteiger charge is 2.59. The molecular formula is C17H17N3O6. The lowest BCUT2D eigenvalue weighted by molar-refractivity contribution is -0.143. The van der Waals surface area contributed by atoms with Crippen LogP contribution in [0.3, 0.4) is 0 Å². The normalized spacial score (nSPS) is 21.7. The van der Waals surface area contributed by atoms with Gasteiger partial charge in [0.25, 0.3) is 5.91 Å². The molecule has 0 bridgehead atoms. The Morgan fingerprint density at radius 1 is 1.15 bits per heavy atom. The van der Waals surface area contributed by atoms with Crippen molar-refractivity contribution in [3.8, 4) is 5.75 Å². The zero-order chi connectivity index (χ0) is 19.1. The van der Waals surface area contributed by atoms with Gasteiger partial charge in [-0.15, -0.1) is 0 Å². The Labute approximate surface area is 149 Å². The lowest BCUT2D eigenvalue weighted by atomic mass is 9.96. The fourth-order valence-corrected chi connectivity index (χ4v) is 3.10. The van der Waals surface area contributed by atoms with Gasteiger partial charge in [0.2, 0.25) is 11.8 Å². The van der Waals surface area contributed by atoms with E-state index in [9.17, 15) is 19.2 Å². The first kappa shape index (κ1) is 17.5. The number of hydrogen-bond acceptors (Lipinski definition) is 7. The summed E-state index contributed by atoms with van der Waals surface area (Å²) < 4.78 is 9.70. The predicted octanol–water partition coefficient (Wildman–Crippen LogP) is 0.121. The minimum absolute atomic E-state index is 0.0690. The van der Waals surface area contributed by atoms with Gasteiger partial charge in [-0.3, -0.25) is 19.8 Å². The first-order valence-corrected chi connectivity index (χ1v) is 7.74. The number of nitrogens with zero attached hydrogens (tertiary/aromatic N) is 2. The van der Waals surface area contributed by atoms with Gasteiger partial charge in [0.15, 0.2) is 5.54 Å². The quantitative estimate of drug-likeness (QED) is 0.604. The Kier molecular flexibility index (Phi) is 4.15. The van der Waals surface area contributed by atoms with Crippen LogP contribution in [0.2, 0.25) is 0 Å². The van der Waals surface area contributed by atoms with Gasteiger partial charge < -0.3 is 9.47 Å². The number of imide groups is 1. The second kappa shape index (κ2) is 6.17. The molecule has 0 unspecified atom stereocenters. The molecule has 26 heavy (non-hydrogen) atoms. The van der Waals surface area contributed by atoms with Crippen molar-refractivity contribution in [2.45, 2.75) is 18.9 Å². The summed E-state index contributed by atoms with van der Waals surface area (Å²) in [5.41, 5.74) is 1.24. The van der Waals surface area contributed by atoms with Crippen LogP contribution in [0.4, 0.5) is 5.69 Å². The van der Waals surface area contributed by atoms with Crippen molar-refractivity contribution in [1.82, 2.24) is 10.4 Å². The highest BCUT2D eigenvalue weighted by atomic mass is 16.5. The third-order valence-corrected chi connectivity index (χ3v) is 4.31. The molecule has 1 N–H and O–H groups in total. The molecule has 136 valence electrons. The average molecular weight is 359 g/mol. The van der Waals surface area contributed by atoms with Crippen LogP contribution in [0.15, 0.2) is 36.0 Å². The highest BCUT2D eigenvalue weighted by Crippen LogP contribution is 2.38. The molecule has 1 atom stereocenters. The fraction of sp³-hybridized carbons (Fsp3) is 0.294. The van der Waals surface area contributed by atoms with Crippen molar-refractivity contribution in [1.29, 1.82) is 0 Å². The summed E-state index contributed by atoms with van der Waals surface area (Å²) in [5.74, 6) is -1.80. The van der Waals surface area contributed by atoms with Crippen molar-refractivity contribution < 1.29 is 28.7 Å². The smallest absolute Gasteiger partial charge is 0.355 e. The summed E-state index contributed by atoms with van der Waals surface area (Å²) in [6, 6.07) is 6.37. The van der Waals surface area contributed by atoms with Gasteiger partial charge in [-0.25, -0.2) is 14.7 Å². The minimum Gasteiger partial charge on any atom is -0.497 e. The largest absolute Gasteiger partial charge is 0.497 e. The molecule has 3 amide bonds. The number of carbonyl (C=O) groups excluding carboxylic acids is 4. The summed E-state index contributed by atoms with van der Waals surface area (Å²) in [4.78, 5) is 50.5. The van der Waals surface area contributed by atoms with E-state index in [1.54, 1.807) is 24.3 Å². The number of benzene rings is 1. The number of hydrogen-bond donors (Lipinski definition) is 1. The van der Waals surface area contributed by atoms with E-state index in [-0.39, 0.29) is 12.1 Å². The Balaban J connectivity index is 2.03. The first-order valence-electron chi connectivity index (χ1n) is 7.74. The molecule has 0 aliphatic carbocycles. The van der Waals surface area contributed by atoms with Crippen molar-refractivity contribution in [2.24, 2.45) is 0 Å². The zero-order valence-electron chi connectivity index (χ0n) is 14.4. The molecule has 1 aromatic carbocycles. The number of rotatable bonds is 3. The highest BCUT2D eigenvalue weighted by molar-refractivity contribution is 6.26. The van der Waals surface area contributed by atoms with Gasteiger partial charge in [-0.2, -0.15) is 0 Å². The van der Waals surface area contributed by atoms with Crippen molar-refractivity contribution in [2.75, 3.05) is 19.1 Å². The van der Waals surface area contributed by atoms with Crippen LogP contribution in [-0.2, 0) is 23.9 Å². The van der Waals surface area contributed by atoms with Gasteiger partial charge in [0.1, 0.15) is 11.4 Å². The van der Waals surface area contributed by atoms with Gasteiger partial charge in [-0.1, -0.05) is 0 Å². The second-order valence-corrected chi connectivity index (χ2v) is 5.85. The molecule has 3 rings (SSSR count). The van der Waals surface area contributed by atoms with E-state index in [0.29, 0.717) is 11.4 Å². The molecule has 9 heteroatoms. The lowest BCUT2D eigenvalue weighted by Gasteiger charge is -2.30. The number of carbonyl (C=O) groups is 4. The summed E-state index contributed by atoms with van der Waals surface area (Å²) in [6.07, 6.45) is 0.981. The van der Waals surface area contributed by atoms with Gasteiger partial charge in [0.05, 0.1) is 26.3 Å². The number of anilines is 1. The van der Waals surface area contributed by atoms with E-state index in [2.05, 4.69) is 10.2 Å². The SMILES string of the molecule is COC(=O)C1=C[C@]2(CC(=O)N(c3ccc(OC)cc3)C2=O)N(C(C)=O)N1. The zero-order valence-corrected chi connectivity index (χ0v) is 14.4. The second-order valence-electron chi connectivity index (χ2n) is 5.85. The Morgan fingerprint density at radius 2 is 1.81 bits per heavy atom. The van der Waals surface area contributed by atoms with E-state index in [1.807, 2.05) is 0 Å². The average Bonchev–Trinajstić information content (AvgIpc) is 3.13. The predicted molar refractivity (Wildman–Crippen MR) is 88.6 cm³/mol. The maximum Gasteiger partial charge on any atom is 0.355 e. The van der Waals surface area contributed by atoms with Gasteiger partial charge >= 0.3 is 5.97 Å². The maximum atomic E-state index is 13.1. The van der Waals surface area contributed by atoms with Gasteiger partial charge in [0, 0.05) is 6.92 Å². The number of ether oxygens (including phenoxy) is 2. The molecular weight excluding hydrogens is 342 g/mol. The summed E-state index contributed by atoms with van der Waals surface area (Å²) in [5, 5.41) is 0.989. The number of esters is 1. The Bertz CT molecular complexity index is 831. The first-order chi connectivity index (χ1) is 12.3. The van der Waals surface area contributed by atoms with E-state index in [1.165, 1.54) is 27.2 Å². The molecule has 1 fully saturated rings.